The molecule has 2 bridgehead atoms. The predicted molar refractivity (Wildman–Crippen MR) is 163 cm³/mol. The fraction of sp³-hybridized carbons (Fsp3) is 0.515. The van der Waals surface area contributed by atoms with Crippen molar-refractivity contribution in [1.29, 1.82) is 0 Å². The van der Waals surface area contributed by atoms with Gasteiger partial charge in [0.2, 0.25) is 0 Å². The van der Waals surface area contributed by atoms with Crippen molar-refractivity contribution in [1.82, 2.24) is 29.6 Å². The van der Waals surface area contributed by atoms with Crippen molar-refractivity contribution in [3.8, 4) is 0 Å². The number of rotatable bonds is 12. The predicted octanol–water partition coefficient (Wildman–Crippen LogP) is 5.95. The number of aromatic nitrogens is 2. The van der Waals surface area contributed by atoms with Gasteiger partial charge < -0.3 is 19.8 Å². The molecular weight excluding hydrogens is 480 g/mol. The molecule has 0 spiro atoms. The fourth-order valence-corrected chi connectivity index (χ4v) is 7.29. The Hall–Kier alpha value is -2.64. The fourth-order valence-electron chi connectivity index (χ4n) is 7.29. The highest BCUT2D eigenvalue weighted by molar-refractivity contribution is 5.91. The highest BCUT2D eigenvalue weighted by Gasteiger charge is 2.57. The minimum atomic E-state index is -0.277. The third-order valence-electron chi connectivity index (χ3n) is 9.10. The number of para-hydroxylation sites is 2. The van der Waals surface area contributed by atoms with Gasteiger partial charge in [0.15, 0.2) is 0 Å². The monoisotopic (exact) mass is 526 g/mol. The van der Waals surface area contributed by atoms with Gasteiger partial charge in [0.1, 0.15) is 5.66 Å². The van der Waals surface area contributed by atoms with E-state index in [0.29, 0.717) is 0 Å². The van der Waals surface area contributed by atoms with Crippen molar-refractivity contribution in [3.05, 3.63) is 71.0 Å². The Morgan fingerprint density at radius 3 is 1.49 bits per heavy atom. The van der Waals surface area contributed by atoms with E-state index in [2.05, 4.69) is 106 Å². The summed E-state index contributed by atoms with van der Waals surface area (Å²) in [5, 5.41) is 2.73. The van der Waals surface area contributed by atoms with Crippen molar-refractivity contribution in [2.24, 2.45) is 0 Å². The zero-order valence-electron chi connectivity index (χ0n) is 24.4. The molecule has 2 fully saturated rings. The SMILES string of the molecule is CCCCN(C)Cc1[nH]c2ccccc2c1C1(c2c(CN(C)CCCC)[nH]c3ccccc23)N2CCN1CC2. The minimum Gasteiger partial charge on any atom is -0.357 e. The lowest BCUT2D eigenvalue weighted by Gasteiger charge is -2.40. The first-order valence-corrected chi connectivity index (χ1v) is 15.1. The summed E-state index contributed by atoms with van der Waals surface area (Å²) in [5.41, 5.74) is 7.90. The minimum absolute atomic E-state index is 0.277. The van der Waals surface area contributed by atoms with Crippen LogP contribution >= 0.6 is 0 Å². The first kappa shape index (κ1) is 26.6. The molecule has 4 heterocycles. The molecule has 0 unspecified atom stereocenters. The molecule has 6 heteroatoms. The molecule has 2 saturated heterocycles. The zero-order valence-corrected chi connectivity index (χ0v) is 24.4. The van der Waals surface area contributed by atoms with Crippen LogP contribution in [0.5, 0.6) is 0 Å². The third-order valence-corrected chi connectivity index (χ3v) is 9.10. The molecule has 0 radical (unpaired) electrons. The summed E-state index contributed by atoms with van der Waals surface area (Å²) >= 11 is 0. The van der Waals surface area contributed by atoms with Crippen LogP contribution in [0.15, 0.2) is 48.5 Å². The van der Waals surface area contributed by atoms with E-state index in [-0.39, 0.29) is 5.66 Å². The maximum atomic E-state index is 3.92. The van der Waals surface area contributed by atoms with E-state index in [0.717, 1.165) is 52.4 Å². The second-order valence-corrected chi connectivity index (χ2v) is 11.9. The molecular formula is C33H46N6. The molecule has 2 aromatic carbocycles. The maximum absolute atomic E-state index is 3.92. The molecule has 0 saturated carbocycles. The Morgan fingerprint density at radius 2 is 1.08 bits per heavy atom. The van der Waals surface area contributed by atoms with Crippen LogP contribution in [0.1, 0.15) is 62.0 Å². The Bertz CT molecular complexity index is 1300. The molecule has 2 aromatic heterocycles. The number of H-pyrrole nitrogens is 2. The van der Waals surface area contributed by atoms with E-state index >= 15 is 0 Å². The van der Waals surface area contributed by atoms with Crippen molar-refractivity contribution in [3.63, 3.8) is 0 Å². The van der Waals surface area contributed by atoms with Crippen LogP contribution in [-0.2, 0) is 18.8 Å². The number of nitrogens with zero attached hydrogens (tertiary/aromatic N) is 4. The summed E-state index contributed by atoms with van der Waals surface area (Å²) in [6.45, 7) is 13.1. The van der Waals surface area contributed by atoms with Gasteiger partial charge >= 0.3 is 0 Å². The van der Waals surface area contributed by atoms with E-state index < -0.39 is 0 Å². The summed E-state index contributed by atoms with van der Waals surface area (Å²) in [5.74, 6) is 0. The van der Waals surface area contributed by atoms with E-state index in [1.165, 1.54) is 70.0 Å². The van der Waals surface area contributed by atoms with Gasteiger partial charge in [0, 0.05) is 83.6 Å². The summed E-state index contributed by atoms with van der Waals surface area (Å²) in [6, 6.07) is 18.0. The van der Waals surface area contributed by atoms with Gasteiger partial charge in [-0.1, -0.05) is 63.1 Å². The van der Waals surface area contributed by atoms with Crippen LogP contribution in [0.2, 0.25) is 0 Å². The standard InChI is InChI=1S/C33H46N6/c1-5-7-17-36(3)23-29-31(25-13-9-11-15-27(25)34-29)33(38-19-20-39(33)22-21-38)32-26-14-10-12-16-28(26)35-30(32)24-37(4)18-8-6-2/h9-16,34-35H,5-8,17-24H2,1-4H3. The van der Waals surface area contributed by atoms with Crippen molar-refractivity contribution < 1.29 is 0 Å². The van der Waals surface area contributed by atoms with Crippen molar-refractivity contribution in [2.45, 2.75) is 58.3 Å². The number of nitrogens with one attached hydrogen (secondary N) is 2. The molecule has 6 rings (SSSR count). The average molecular weight is 527 g/mol. The first-order chi connectivity index (χ1) is 19.1. The van der Waals surface area contributed by atoms with Crippen molar-refractivity contribution in [2.75, 3.05) is 53.4 Å². The largest absolute Gasteiger partial charge is 0.357 e. The van der Waals surface area contributed by atoms with E-state index in [4.69, 9.17) is 0 Å². The van der Waals surface area contributed by atoms with Gasteiger partial charge in [0.25, 0.3) is 0 Å². The number of hydrogen-bond donors (Lipinski definition) is 2. The smallest absolute Gasteiger partial charge is 0.131 e. The second kappa shape index (κ2) is 11.1. The van der Waals surface area contributed by atoms with Gasteiger partial charge in [-0.2, -0.15) is 0 Å². The van der Waals surface area contributed by atoms with Crippen LogP contribution in [0.4, 0.5) is 0 Å². The van der Waals surface area contributed by atoms with Gasteiger partial charge in [-0.05, 0) is 52.2 Å². The Kier molecular flexibility index (Phi) is 7.56. The third kappa shape index (κ3) is 4.51. The van der Waals surface area contributed by atoms with Crippen LogP contribution in [0.3, 0.4) is 0 Å². The molecule has 2 N–H and O–H groups in total. The quantitative estimate of drug-likeness (QED) is 0.240. The molecule has 39 heavy (non-hydrogen) atoms. The summed E-state index contributed by atoms with van der Waals surface area (Å²) in [4.78, 5) is 18.4. The second-order valence-electron chi connectivity index (χ2n) is 11.9. The zero-order chi connectivity index (χ0) is 27.0. The van der Waals surface area contributed by atoms with Gasteiger partial charge in [-0.3, -0.25) is 9.80 Å². The maximum Gasteiger partial charge on any atom is 0.131 e. The number of aromatic amines is 2. The Morgan fingerprint density at radius 1 is 0.667 bits per heavy atom. The van der Waals surface area contributed by atoms with Crippen LogP contribution in [0, 0.1) is 0 Å². The lowest BCUT2D eigenvalue weighted by molar-refractivity contribution is 0.141. The van der Waals surface area contributed by atoms with Crippen molar-refractivity contribution >= 4 is 21.8 Å². The molecule has 2 aliphatic heterocycles. The Labute approximate surface area is 234 Å². The molecule has 4 aromatic rings. The van der Waals surface area contributed by atoms with Crippen LogP contribution < -0.4 is 0 Å². The number of fused-ring (bicyclic) bond motifs is 4. The van der Waals surface area contributed by atoms with Gasteiger partial charge in [0.05, 0.1) is 0 Å². The molecule has 208 valence electrons. The van der Waals surface area contributed by atoms with E-state index in [9.17, 15) is 0 Å². The van der Waals surface area contributed by atoms with Crippen LogP contribution in [0.25, 0.3) is 21.8 Å². The lowest BCUT2D eigenvalue weighted by atomic mass is 9.85. The molecule has 0 atom stereocenters. The first-order valence-electron chi connectivity index (χ1n) is 15.1. The Balaban J connectivity index is 1.59. The highest BCUT2D eigenvalue weighted by atomic mass is 15.5. The number of benzene rings is 2. The average Bonchev–Trinajstić information content (AvgIpc) is 3.69. The molecule has 6 nitrogen and oxygen atoms in total. The summed E-state index contributed by atoms with van der Waals surface area (Å²) in [6.07, 6.45) is 4.90. The molecule has 0 amide bonds. The van der Waals surface area contributed by atoms with Gasteiger partial charge in [-0.15, -0.1) is 0 Å². The topological polar surface area (TPSA) is 44.5 Å². The highest BCUT2D eigenvalue weighted by Crippen LogP contribution is 2.52. The molecule has 0 aliphatic carbocycles. The number of hydrogen-bond acceptors (Lipinski definition) is 4. The van der Waals surface area contributed by atoms with E-state index in [1.54, 1.807) is 0 Å². The normalized spacial score (nSPS) is 20.4. The lowest BCUT2D eigenvalue weighted by Crippen LogP contribution is -2.46. The van der Waals surface area contributed by atoms with E-state index in [1.807, 2.05) is 0 Å². The summed E-state index contributed by atoms with van der Waals surface area (Å²) in [7, 11) is 4.56. The summed E-state index contributed by atoms with van der Waals surface area (Å²) < 4.78 is 0. The van der Waals surface area contributed by atoms with Gasteiger partial charge in [-0.25, -0.2) is 0 Å². The van der Waals surface area contributed by atoms with Crippen LogP contribution in [-0.4, -0.2) is 82.9 Å². The number of piperazine rings is 1. The molecule has 2 aliphatic rings. The number of unbranched alkanes of at least 4 members (excludes halogenated alkanes) is 2.